The number of carbonyl (C=O) groups is 1. The number of alkyl halides is 3. The first kappa shape index (κ1) is 15.6. The lowest BCUT2D eigenvalue weighted by Crippen LogP contribution is -2.13. The minimum absolute atomic E-state index is 0.103. The molecule has 0 heterocycles. The molecular formula is C12H13ClF3NO2. The molecular weight excluding hydrogens is 283 g/mol. The van der Waals surface area contributed by atoms with Crippen LogP contribution in [0.4, 0.5) is 18.9 Å². The van der Waals surface area contributed by atoms with Crippen molar-refractivity contribution < 1.29 is 22.8 Å². The lowest BCUT2D eigenvalue weighted by Gasteiger charge is -2.12. The van der Waals surface area contributed by atoms with Crippen LogP contribution in [-0.2, 0) is 15.8 Å². The summed E-state index contributed by atoms with van der Waals surface area (Å²) < 4.78 is 37.2. The molecule has 0 fully saturated rings. The number of benzene rings is 1. The van der Waals surface area contributed by atoms with E-state index in [9.17, 15) is 18.0 Å². The van der Waals surface area contributed by atoms with E-state index in [0.29, 0.717) is 0 Å². The summed E-state index contributed by atoms with van der Waals surface area (Å²) in [5.41, 5.74) is 1.49. The Morgan fingerprint density at radius 1 is 1.42 bits per heavy atom. The van der Waals surface area contributed by atoms with Crippen molar-refractivity contribution in [3.8, 4) is 0 Å². The molecule has 1 aromatic carbocycles. The molecule has 1 aromatic rings. The average Bonchev–Trinajstić information content (AvgIpc) is 2.25. The molecule has 0 bridgehead atoms. The fourth-order valence-corrected chi connectivity index (χ4v) is 1.48. The maximum absolute atomic E-state index is 12.4. The van der Waals surface area contributed by atoms with E-state index in [1.807, 2.05) is 13.8 Å². The molecule has 0 aliphatic rings. The zero-order chi connectivity index (χ0) is 14.6. The summed E-state index contributed by atoms with van der Waals surface area (Å²) in [7, 11) is 0. The Kier molecular flexibility index (Phi) is 5.05. The quantitative estimate of drug-likeness (QED) is 0.843. The minimum Gasteiger partial charge on any atom is -0.343 e. The molecule has 0 saturated heterocycles. The number of rotatable bonds is 4. The molecule has 1 rings (SSSR count). The molecule has 0 spiro atoms. The maximum Gasteiger partial charge on any atom is 0.416 e. The van der Waals surface area contributed by atoms with E-state index in [0.717, 1.165) is 18.2 Å². The minimum atomic E-state index is -4.46. The van der Waals surface area contributed by atoms with E-state index in [2.05, 4.69) is 5.48 Å². The second-order valence-electron chi connectivity index (χ2n) is 4.37. The summed E-state index contributed by atoms with van der Waals surface area (Å²) in [5, 5.41) is -0.174. The summed E-state index contributed by atoms with van der Waals surface area (Å²) in [4.78, 5) is 15.9. The fourth-order valence-electron chi connectivity index (χ4n) is 1.26. The predicted molar refractivity (Wildman–Crippen MR) is 65.6 cm³/mol. The van der Waals surface area contributed by atoms with Crippen molar-refractivity contribution in [3.63, 3.8) is 0 Å². The second kappa shape index (κ2) is 6.14. The number of nitrogens with one attached hydrogen (secondary N) is 1. The highest BCUT2D eigenvalue weighted by Crippen LogP contribution is 2.33. The molecule has 0 aliphatic heterocycles. The number of carbonyl (C=O) groups excluding carboxylic acids is 1. The van der Waals surface area contributed by atoms with Crippen LogP contribution >= 0.6 is 11.6 Å². The SMILES string of the molecule is CC(C)CC(=O)ONc1ccc(C(F)(F)F)cc1Cl. The molecule has 0 unspecified atom stereocenters. The van der Waals surface area contributed by atoms with Crippen LogP contribution in [0, 0.1) is 5.92 Å². The fraction of sp³-hybridized carbons (Fsp3) is 0.417. The van der Waals surface area contributed by atoms with Gasteiger partial charge >= 0.3 is 12.1 Å². The zero-order valence-corrected chi connectivity index (χ0v) is 11.1. The van der Waals surface area contributed by atoms with Gasteiger partial charge in [-0.1, -0.05) is 25.4 Å². The molecule has 19 heavy (non-hydrogen) atoms. The van der Waals surface area contributed by atoms with Gasteiger partial charge in [0.05, 0.1) is 22.7 Å². The van der Waals surface area contributed by atoms with Crippen LogP contribution in [0.25, 0.3) is 0 Å². The molecule has 1 N–H and O–H groups in total. The maximum atomic E-state index is 12.4. The Labute approximate surface area is 113 Å². The van der Waals surface area contributed by atoms with Crippen LogP contribution in [0.15, 0.2) is 18.2 Å². The summed E-state index contributed by atoms with van der Waals surface area (Å²) in [6.07, 6.45) is -4.26. The van der Waals surface area contributed by atoms with Crippen molar-refractivity contribution in [2.75, 3.05) is 5.48 Å². The zero-order valence-electron chi connectivity index (χ0n) is 10.3. The highest BCUT2D eigenvalue weighted by atomic mass is 35.5. The molecule has 0 amide bonds. The second-order valence-corrected chi connectivity index (χ2v) is 4.77. The van der Waals surface area contributed by atoms with Gasteiger partial charge < -0.3 is 4.84 Å². The van der Waals surface area contributed by atoms with E-state index in [1.165, 1.54) is 0 Å². The monoisotopic (exact) mass is 295 g/mol. The van der Waals surface area contributed by atoms with Crippen LogP contribution in [0.1, 0.15) is 25.8 Å². The van der Waals surface area contributed by atoms with Crippen LogP contribution in [-0.4, -0.2) is 5.97 Å². The van der Waals surface area contributed by atoms with Crippen LogP contribution in [0.2, 0.25) is 5.02 Å². The molecule has 0 aliphatic carbocycles. The summed E-state index contributed by atoms with van der Waals surface area (Å²) in [6, 6.07) is 2.72. The molecule has 0 atom stereocenters. The molecule has 0 aromatic heterocycles. The van der Waals surface area contributed by atoms with Crippen molar-refractivity contribution >= 4 is 23.3 Å². The normalized spacial score (nSPS) is 11.5. The third kappa shape index (κ3) is 4.98. The van der Waals surface area contributed by atoms with Gasteiger partial charge in [0.15, 0.2) is 0 Å². The summed E-state index contributed by atoms with van der Waals surface area (Å²) >= 11 is 5.67. The molecule has 0 radical (unpaired) electrons. The first-order valence-corrected chi connectivity index (χ1v) is 5.90. The van der Waals surface area contributed by atoms with Gasteiger partial charge in [0, 0.05) is 0 Å². The van der Waals surface area contributed by atoms with E-state index >= 15 is 0 Å². The number of halogens is 4. The van der Waals surface area contributed by atoms with Gasteiger partial charge in [0.25, 0.3) is 0 Å². The van der Waals surface area contributed by atoms with Gasteiger partial charge in [-0.05, 0) is 24.1 Å². The first-order chi connectivity index (χ1) is 8.70. The van der Waals surface area contributed by atoms with E-state index in [-0.39, 0.29) is 23.0 Å². The van der Waals surface area contributed by atoms with Crippen molar-refractivity contribution in [1.82, 2.24) is 0 Å². The topological polar surface area (TPSA) is 38.3 Å². The predicted octanol–water partition coefficient (Wildman–Crippen LogP) is 4.28. The standard InChI is InChI=1S/C12H13ClF3NO2/c1-7(2)5-11(18)19-17-10-4-3-8(6-9(10)13)12(14,15)16/h3-4,6-7,17H,5H2,1-2H3. The van der Waals surface area contributed by atoms with E-state index in [4.69, 9.17) is 16.4 Å². The first-order valence-electron chi connectivity index (χ1n) is 5.52. The lowest BCUT2D eigenvalue weighted by molar-refractivity contribution is -0.141. The van der Waals surface area contributed by atoms with Crippen molar-refractivity contribution in [2.45, 2.75) is 26.4 Å². The molecule has 7 heteroatoms. The van der Waals surface area contributed by atoms with Crippen molar-refractivity contribution in [2.24, 2.45) is 5.92 Å². The Hall–Kier alpha value is -1.43. The van der Waals surface area contributed by atoms with Gasteiger partial charge in [0.2, 0.25) is 0 Å². The van der Waals surface area contributed by atoms with Gasteiger partial charge in [-0.25, -0.2) is 10.3 Å². The third-order valence-corrected chi connectivity index (χ3v) is 2.46. The summed E-state index contributed by atoms with van der Waals surface area (Å²) in [6.45, 7) is 3.68. The number of hydrogen-bond donors (Lipinski definition) is 1. The summed E-state index contributed by atoms with van der Waals surface area (Å²) in [5.74, 6) is -0.386. The number of anilines is 1. The van der Waals surface area contributed by atoms with Crippen LogP contribution in [0.5, 0.6) is 0 Å². The van der Waals surface area contributed by atoms with Gasteiger partial charge in [-0.15, -0.1) is 0 Å². The number of hydrogen-bond acceptors (Lipinski definition) is 3. The van der Waals surface area contributed by atoms with Crippen molar-refractivity contribution in [1.29, 1.82) is 0 Å². The highest BCUT2D eigenvalue weighted by molar-refractivity contribution is 6.33. The molecule has 106 valence electrons. The van der Waals surface area contributed by atoms with Crippen LogP contribution in [0.3, 0.4) is 0 Å². The smallest absolute Gasteiger partial charge is 0.343 e. The van der Waals surface area contributed by atoms with E-state index < -0.39 is 17.7 Å². The molecule has 3 nitrogen and oxygen atoms in total. The van der Waals surface area contributed by atoms with E-state index in [1.54, 1.807) is 0 Å². The van der Waals surface area contributed by atoms with Gasteiger partial charge in [-0.2, -0.15) is 13.2 Å². The lowest BCUT2D eigenvalue weighted by atomic mass is 10.1. The highest BCUT2D eigenvalue weighted by Gasteiger charge is 2.30. The third-order valence-electron chi connectivity index (χ3n) is 2.15. The Bertz CT molecular complexity index is 461. The van der Waals surface area contributed by atoms with Crippen molar-refractivity contribution in [3.05, 3.63) is 28.8 Å². The molecule has 0 saturated carbocycles. The largest absolute Gasteiger partial charge is 0.416 e. The Morgan fingerprint density at radius 2 is 2.05 bits per heavy atom. The Balaban J connectivity index is 2.68. The Morgan fingerprint density at radius 3 is 2.53 bits per heavy atom. The van der Waals surface area contributed by atoms with Gasteiger partial charge in [0.1, 0.15) is 0 Å². The van der Waals surface area contributed by atoms with Crippen LogP contribution < -0.4 is 5.48 Å². The van der Waals surface area contributed by atoms with Gasteiger partial charge in [-0.3, -0.25) is 0 Å². The average molecular weight is 296 g/mol.